The minimum absolute atomic E-state index is 0.367. The number of likely N-dealkylation sites (tertiary alicyclic amines) is 1. The normalized spacial score (nSPS) is 18.0. The number of aromatic nitrogens is 3. The molecule has 1 N–H and O–H groups in total. The zero-order valence-corrected chi connectivity index (χ0v) is 15.2. The van der Waals surface area contributed by atoms with Gasteiger partial charge in [0, 0.05) is 37.1 Å². The minimum Gasteiger partial charge on any atom is -0.393 e. The van der Waals surface area contributed by atoms with Crippen molar-refractivity contribution in [3.05, 3.63) is 41.7 Å². The van der Waals surface area contributed by atoms with E-state index in [1.807, 2.05) is 10.9 Å². The molecular formula is C18H26N4OS. The van der Waals surface area contributed by atoms with Crippen molar-refractivity contribution in [2.24, 2.45) is 0 Å². The van der Waals surface area contributed by atoms with Gasteiger partial charge in [0.25, 0.3) is 0 Å². The van der Waals surface area contributed by atoms with Gasteiger partial charge in [0.15, 0.2) is 0 Å². The molecule has 130 valence electrons. The van der Waals surface area contributed by atoms with Crippen LogP contribution < -0.4 is 0 Å². The molecule has 0 amide bonds. The summed E-state index contributed by atoms with van der Waals surface area (Å²) < 4.78 is 1.99. The molecule has 1 fully saturated rings. The molecular weight excluding hydrogens is 320 g/mol. The first-order valence-corrected chi connectivity index (χ1v) is 9.80. The van der Waals surface area contributed by atoms with Gasteiger partial charge >= 0.3 is 0 Å². The number of thioether (sulfide) groups is 1. The van der Waals surface area contributed by atoms with E-state index < -0.39 is 0 Å². The van der Waals surface area contributed by atoms with Crippen LogP contribution in [0.2, 0.25) is 0 Å². The maximum absolute atomic E-state index is 9.45. The van der Waals surface area contributed by atoms with Crippen molar-refractivity contribution in [3.63, 3.8) is 0 Å². The van der Waals surface area contributed by atoms with Gasteiger partial charge in [-0.05, 0) is 43.7 Å². The van der Waals surface area contributed by atoms with E-state index in [9.17, 15) is 5.11 Å². The van der Waals surface area contributed by atoms with Crippen LogP contribution >= 0.6 is 11.8 Å². The van der Waals surface area contributed by atoms with Crippen LogP contribution in [0.3, 0.4) is 0 Å². The molecule has 0 unspecified atom stereocenters. The van der Waals surface area contributed by atoms with Gasteiger partial charge in [-0.1, -0.05) is 17.3 Å². The highest BCUT2D eigenvalue weighted by atomic mass is 32.2. The third-order valence-corrected chi connectivity index (χ3v) is 5.26. The first-order valence-electron chi connectivity index (χ1n) is 8.58. The largest absolute Gasteiger partial charge is 0.393 e. The zero-order valence-electron chi connectivity index (χ0n) is 14.4. The molecule has 0 saturated carbocycles. The maximum Gasteiger partial charge on any atom is 0.0852 e. The van der Waals surface area contributed by atoms with Crippen LogP contribution in [-0.4, -0.2) is 50.4 Å². The van der Waals surface area contributed by atoms with Crippen molar-refractivity contribution in [2.45, 2.75) is 49.8 Å². The number of aliphatic hydroxyl groups excluding tert-OH is 1. The highest BCUT2D eigenvalue weighted by molar-refractivity contribution is 7.98. The molecule has 1 atom stereocenters. The molecule has 3 rings (SSSR count). The second-order valence-corrected chi connectivity index (χ2v) is 7.48. The highest BCUT2D eigenvalue weighted by Gasteiger charge is 2.22. The molecule has 24 heavy (non-hydrogen) atoms. The Morgan fingerprint density at radius 2 is 2.12 bits per heavy atom. The van der Waals surface area contributed by atoms with E-state index in [4.69, 9.17) is 0 Å². The van der Waals surface area contributed by atoms with Gasteiger partial charge < -0.3 is 5.11 Å². The first-order chi connectivity index (χ1) is 11.6. The maximum atomic E-state index is 9.45. The predicted molar refractivity (Wildman–Crippen MR) is 97.2 cm³/mol. The van der Waals surface area contributed by atoms with E-state index in [1.165, 1.54) is 10.5 Å². The second-order valence-electron chi connectivity index (χ2n) is 6.60. The summed E-state index contributed by atoms with van der Waals surface area (Å²) in [6.07, 6.45) is 6.52. The zero-order chi connectivity index (χ0) is 16.9. The minimum atomic E-state index is -0.367. The van der Waals surface area contributed by atoms with Crippen molar-refractivity contribution in [1.82, 2.24) is 19.9 Å². The summed E-state index contributed by atoms with van der Waals surface area (Å²) in [5.41, 5.74) is 2.27. The third kappa shape index (κ3) is 4.59. The lowest BCUT2D eigenvalue weighted by Crippen LogP contribution is -2.34. The van der Waals surface area contributed by atoms with Gasteiger partial charge in [0.05, 0.1) is 17.8 Å². The first kappa shape index (κ1) is 17.5. The standard InChI is InChI=1S/C18H26N4OS/c1-14(23)10-16-13-22(20-19-16)17-6-8-21(9-7-17)12-15-4-3-5-18(11-15)24-2/h3-5,11,13-14,17,23H,6-10,12H2,1-2H3/t14-/m1/s1. The number of piperidine rings is 1. The average molecular weight is 347 g/mol. The molecule has 1 aromatic carbocycles. The van der Waals surface area contributed by atoms with E-state index in [1.54, 1.807) is 18.7 Å². The monoisotopic (exact) mass is 346 g/mol. The van der Waals surface area contributed by atoms with Gasteiger partial charge in [0.2, 0.25) is 0 Å². The molecule has 5 nitrogen and oxygen atoms in total. The highest BCUT2D eigenvalue weighted by Crippen LogP contribution is 2.24. The quantitative estimate of drug-likeness (QED) is 0.815. The van der Waals surface area contributed by atoms with Crippen LogP contribution in [0.4, 0.5) is 0 Å². The Bertz CT molecular complexity index is 650. The van der Waals surface area contributed by atoms with Crippen LogP contribution in [-0.2, 0) is 13.0 Å². The number of hydrogen-bond donors (Lipinski definition) is 1. The Balaban J connectivity index is 1.52. The lowest BCUT2D eigenvalue weighted by Gasteiger charge is -2.31. The van der Waals surface area contributed by atoms with Gasteiger partial charge in [-0.25, -0.2) is 4.68 Å². The molecule has 0 aliphatic carbocycles. The predicted octanol–water partition coefficient (Wildman–Crippen LogP) is 2.76. The molecule has 6 heteroatoms. The summed E-state index contributed by atoms with van der Waals surface area (Å²) in [6, 6.07) is 9.24. The molecule has 2 heterocycles. The van der Waals surface area contributed by atoms with Crippen molar-refractivity contribution in [1.29, 1.82) is 0 Å². The van der Waals surface area contributed by atoms with Crippen LogP contribution in [0.5, 0.6) is 0 Å². The van der Waals surface area contributed by atoms with E-state index in [0.717, 1.165) is 38.2 Å². The number of nitrogens with zero attached hydrogens (tertiary/aromatic N) is 4. The Labute approximate surface area is 148 Å². The van der Waals surface area contributed by atoms with Crippen LogP contribution in [0.15, 0.2) is 35.4 Å². The summed E-state index contributed by atoms with van der Waals surface area (Å²) >= 11 is 1.79. The number of hydrogen-bond acceptors (Lipinski definition) is 5. The van der Waals surface area contributed by atoms with Crippen molar-refractivity contribution in [3.8, 4) is 0 Å². The number of aliphatic hydroxyl groups is 1. The summed E-state index contributed by atoms with van der Waals surface area (Å²) in [4.78, 5) is 3.85. The fraction of sp³-hybridized carbons (Fsp3) is 0.556. The van der Waals surface area contributed by atoms with E-state index in [2.05, 4.69) is 45.7 Å². The molecule has 0 spiro atoms. The molecule has 0 radical (unpaired) electrons. The van der Waals surface area contributed by atoms with Crippen LogP contribution in [0, 0.1) is 0 Å². The van der Waals surface area contributed by atoms with Gasteiger partial charge in [-0.2, -0.15) is 0 Å². The fourth-order valence-electron chi connectivity index (χ4n) is 3.26. The van der Waals surface area contributed by atoms with Gasteiger partial charge in [-0.3, -0.25) is 4.90 Å². The SMILES string of the molecule is CSc1cccc(CN2CCC(n3cc(C[C@@H](C)O)nn3)CC2)c1. The van der Waals surface area contributed by atoms with Crippen molar-refractivity contribution in [2.75, 3.05) is 19.3 Å². The smallest absolute Gasteiger partial charge is 0.0852 e. The van der Waals surface area contributed by atoms with E-state index in [0.29, 0.717) is 12.5 Å². The Hall–Kier alpha value is -1.37. The topological polar surface area (TPSA) is 54.2 Å². The van der Waals surface area contributed by atoms with Crippen molar-refractivity contribution >= 4 is 11.8 Å². The Morgan fingerprint density at radius 3 is 2.83 bits per heavy atom. The molecule has 1 aliphatic rings. The van der Waals surface area contributed by atoms with E-state index >= 15 is 0 Å². The van der Waals surface area contributed by atoms with Gasteiger partial charge in [0.1, 0.15) is 0 Å². The number of benzene rings is 1. The molecule has 1 aliphatic heterocycles. The van der Waals surface area contributed by atoms with Crippen LogP contribution in [0.1, 0.15) is 37.1 Å². The summed E-state index contributed by atoms with van der Waals surface area (Å²) in [5.74, 6) is 0. The number of rotatable bonds is 6. The fourth-order valence-corrected chi connectivity index (χ4v) is 3.74. The molecule has 0 bridgehead atoms. The Morgan fingerprint density at radius 1 is 1.33 bits per heavy atom. The molecule has 1 saturated heterocycles. The molecule has 2 aromatic rings. The molecule has 1 aromatic heterocycles. The lowest BCUT2D eigenvalue weighted by molar-refractivity contribution is 0.172. The lowest BCUT2D eigenvalue weighted by atomic mass is 10.0. The third-order valence-electron chi connectivity index (χ3n) is 4.53. The van der Waals surface area contributed by atoms with Gasteiger partial charge in [-0.15, -0.1) is 16.9 Å². The summed E-state index contributed by atoms with van der Waals surface area (Å²) in [5, 5.41) is 17.9. The second kappa shape index (κ2) is 8.14. The van der Waals surface area contributed by atoms with Crippen molar-refractivity contribution < 1.29 is 5.11 Å². The average Bonchev–Trinajstić information content (AvgIpc) is 3.03. The van der Waals surface area contributed by atoms with E-state index in [-0.39, 0.29) is 6.10 Å². The summed E-state index contributed by atoms with van der Waals surface area (Å²) in [6.45, 7) is 4.97. The summed E-state index contributed by atoms with van der Waals surface area (Å²) in [7, 11) is 0. The Kier molecular flexibility index (Phi) is 5.92. The van der Waals surface area contributed by atoms with Crippen LogP contribution in [0.25, 0.3) is 0 Å².